The molecule has 0 spiro atoms. The van der Waals surface area contributed by atoms with E-state index in [0.29, 0.717) is 38.0 Å². The number of thioether (sulfide) groups is 1. The molecule has 1 aliphatic rings. The number of anilines is 1. The van der Waals surface area contributed by atoms with Gasteiger partial charge in [0, 0.05) is 31.3 Å². The average molecular weight is 469 g/mol. The van der Waals surface area contributed by atoms with Crippen molar-refractivity contribution in [1.29, 1.82) is 0 Å². The first kappa shape index (κ1) is 23.5. The smallest absolute Gasteiger partial charge is 0.220 e. The van der Waals surface area contributed by atoms with Crippen LogP contribution in [0.4, 0.5) is 5.82 Å². The summed E-state index contributed by atoms with van der Waals surface area (Å²) in [6.07, 6.45) is 4.11. The van der Waals surface area contributed by atoms with Crippen molar-refractivity contribution in [3.8, 4) is 0 Å². The monoisotopic (exact) mass is 468 g/mol. The first-order valence-corrected chi connectivity index (χ1v) is 12.5. The van der Waals surface area contributed by atoms with Gasteiger partial charge in [-0.25, -0.2) is 14.6 Å². The maximum atomic E-state index is 12.3. The number of hydrogen-bond acceptors (Lipinski definition) is 7. The molecule has 0 unspecified atom stereocenters. The lowest BCUT2D eigenvalue weighted by molar-refractivity contribution is -0.121. The van der Waals surface area contributed by atoms with Crippen molar-refractivity contribution in [3.63, 3.8) is 0 Å². The fourth-order valence-electron chi connectivity index (χ4n) is 3.85. The third-order valence-corrected chi connectivity index (χ3v) is 6.33. The van der Waals surface area contributed by atoms with Crippen LogP contribution in [-0.2, 0) is 22.5 Å². The molecule has 3 heterocycles. The van der Waals surface area contributed by atoms with Gasteiger partial charge < -0.3 is 15.0 Å². The number of rotatable bonds is 10. The Morgan fingerprint density at radius 1 is 1.18 bits per heavy atom. The van der Waals surface area contributed by atoms with Gasteiger partial charge in [-0.3, -0.25) is 4.79 Å². The SMILES string of the molecule is CC(C)Sc1nc(N2CCOCC2)c2cnn(CCNC(=O)CCCc3ccccc3)c2n1. The third-order valence-electron chi connectivity index (χ3n) is 5.47. The second-order valence-corrected chi connectivity index (χ2v) is 9.93. The van der Waals surface area contributed by atoms with Gasteiger partial charge in [0.25, 0.3) is 0 Å². The van der Waals surface area contributed by atoms with E-state index in [2.05, 4.69) is 41.3 Å². The van der Waals surface area contributed by atoms with Gasteiger partial charge in [0.05, 0.1) is 31.3 Å². The lowest BCUT2D eigenvalue weighted by Crippen LogP contribution is -2.37. The second kappa shape index (κ2) is 11.5. The summed E-state index contributed by atoms with van der Waals surface area (Å²) in [5, 5.41) is 9.67. The molecular weight excluding hydrogens is 436 g/mol. The fourth-order valence-corrected chi connectivity index (χ4v) is 4.55. The number of ether oxygens (including phenoxy) is 1. The van der Waals surface area contributed by atoms with Gasteiger partial charge in [-0.15, -0.1) is 0 Å². The molecule has 8 nitrogen and oxygen atoms in total. The second-order valence-electron chi connectivity index (χ2n) is 8.39. The number of morpholine rings is 1. The van der Waals surface area contributed by atoms with Gasteiger partial charge in [-0.1, -0.05) is 55.9 Å². The molecule has 3 aromatic rings. The molecule has 1 aromatic carbocycles. The van der Waals surface area contributed by atoms with E-state index < -0.39 is 0 Å². The first-order valence-electron chi connectivity index (χ1n) is 11.6. The normalized spacial score (nSPS) is 14.2. The summed E-state index contributed by atoms with van der Waals surface area (Å²) in [7, 11) is 0. The molecule has 33 heavy (non-hydrogen) atoms. The van der Waals surface area contributed by atoms with Crippen LogP contribution in [0.2, 0.25) is 0 Å². The van der Waals surface area contributed by atoms with Gasteiger partial charge in [0.15, 0.2) is 10.8 Å². The highest BCUT2D eigenvalue weighted by Gasteiger charge is 2.20. The Labute approximate surface area is 199 Å². The predicted octanol–water partition coefficient (Wildman–Crippen LogP) is 3.30. The van der Waals surface area contributed by atoms with Crippen LogP contribution in [-0.4, -0.2) is 63.8 Å². The number of carbonyl (C=O) groups excluding carboxylic acids is 1. The summed E-state index contributed by atoms with van der Waals surface area (Å²) in [5.41, 5.74) is 2.08. The van der Waals surface area contributed by atoms with E-state index in [1.54, 1.807) is 11.8 Å². The summed E-state index contributed by atoms with van der Waals surface area (Å²) in [6, 6.07) is 10.3. The Morgan fingerprint density at radius 3 is 2.73 bits per heavy atom. The average Bonchev–Trinajstić information content (AvgIpc) is 3.22. The minimum absolute atomic E-state index is 0.0714. The largest absolute Gasteiger partial charge is 0.378 e. The van der Waals surface area contributed by atoms with Crippen LogP contribution in [0.5, 0.6) is 0 Å². The predicted molar refractivity (Wildman–Crippen MR) is 132 cm³/mol. The molecule has 1 amide bonds. The fraction of sp³-hybridized carbons (Fsp3) is 0.500. The number of aryl methyl sites for hydroxylation is 1. The quantitative estimate of drug-likeness (QED) is 0.361. The lowest BCUT2D eigenvalue weighted by atomic mass is 10.1. The highest BCUT2D eigenvalue weighted by Crippen LogP contribution is 2.29. The van der Waals surface area contributed by atoms with Crippen molar-refractivity contribution in [2.24, 2.45) is 0 Å². The van der Waals surface area contributed by atoms with Crippen molar-refractivity contribution in [3.05, 3.63) is 42.1 Å². The number of fused-ring (bicyclic) bond motifs is 1. The van der Waals surface area contributed by atoms with Crippen molar-refractivity contribution < 1.29 is 9.53 Å². The Bertz CT molecular complexity index is 1050. The molecule has 1 N–H and O–H groups in total. The summed E-state index contributed by atoms with van der Waals surface area (Å²) < 4.78 is 7.38. The van der Waals surface area contributed by atoms with E-state index in [1.807, 2.05) is 29.1 Å². The van der Waals surface area contributed by atoms with Crippen molar-refractivity contribution in [2.75, 3.05) is 37.7 Å². The molecule has 0 atom stereocenters. The van der Waals surface area contributed by atoms with E-state index in [0.717, 1.165) is 47.9 Å². The molecule has 4 rings (SSSR count). The highest BCUT2D eigenvalue weighted by atomic mass is 32.2. The third kappa shape index (κ3) is 6.45. The van der Waals surface area contributed by atoms with Crippen LogP contribution in [0.1, 0.15) is 32.3 Å². The van der Waals surface area contributed by atoms with Gasteiger partial charge in [0.2, 0.25) is 5.91 Å². The summed E-state index contributed by atoms with van der Waals surface area (Å²) in [5.74, 6) is 0.990. The van der Waals surface area contributed by atoms with Crippen molar-refractivity contribution >= 4 is 34.5 Å². The van der Waals surface area contributed by atoms with Crippen LogP contribution in [0.15, 0.2) is 41.7 Å². The molecule has 1 saturated heterocycles. The van der Waals surface area contributed by atoms with E-state index in [4.69, 9.17) is 14.7 Å². The van der Waals surface area contributed by atoms with Crippen LogP contribution < -0.4 is 10.2 Å². The van der Waals surface area contributed by atoms with E-state index in [-0.39, 0.29) is 5.91 Å². The van der Waals surface area contributed by atoms with Crippen molar-refractivity contribution in [1.82, 2.24) is 25.1 Å². The maximum absolute atomic E-state index is 12.3. The number of amides is 1. The van der Waals surface area contributed by atoms with Crippen molar-refractivity contribution in [2.45, 2.75) is 50.1 Å². The van der Waals surface area contributed by atoms with Crippen LogP contribution in [0.25, 0.3) is 11.0 Å². The minimum atomic E-state index is 0.0714. The first-order chi connectivity index (χ1) is 16.1. The molecule has 9 heteroatoms. The van der Waals surface area contributed by atoms with Crippen LogP contribution >= 0.6 is 11.8 Å². The lowest BCUT2D eigenvalue weighted by Gasteiger charge is -2.28. The van der Waals surface area contributed by atoms with E-state index in [1.165, 1.54) is 5.56 Å². The van der Waals surface area contributed by atoms with E-state index in [9.17, 15) is 4.79 Å². The zero-order chi connectivity index (χ0) is 23.0. The molecule has 0 saturated carbocycles. The number of carbonyl (C=O) groups is 1. The Hall–Kier alpha value is -2.65. The molecule has 176 valence electrons. The molecule has 1 aliphatic heterocycles. The zero-order valence-corrected chi connectivity index (χ0v) is 20.2. The number of aromatic nitrogens is 4. The standard InChI is InChI=1S/C24H32N6O2S/c1-18(2)33-24-27-22(29-13-15-32-16-14-29)20-17-26-30(23(20)28-24)12-11-25-21(31)10-6-9-19-7-4-3-5-8-19/h3-5,7-8,17-18H,6,9-16H2,1-2H3,(H,25,31). The number of nitrogens with zero attached hydrogens (tertiary/aromatic N) is 5. The molecule has 1 fully saturated rings. The van der Waals surface area contributed by atoms with Gasteiger partial charge >= 0.3 is 0 Å². The Morgan fingerprint density at radius 2 is 1.97 bits per heavy atom. The summed E-state index contributed by atoms with van der Waals surface area (Å²) in [6.45, 7) is 8.37. The summed E-state index contributed by atoms with van der Waals surface area (Å²) >= 11 is 1.65. The van der Waals surface area contributed by atoms with Crippen LogP contribution in [0.3, 0.4) is 0 Å². The number of hydrogen-bond donors (Lipinski definition) is 1. The Balaban J connectivity index is 1.38. The number of benzene rings is 1. The molecule has 0 aliphatic carbocycles. The van der Waals surface area contributed by atoms with Gasteiger partial charge in [0.1, 0.15) is 5.82 Å². The minimum Gasteiger partial charge on any atom is -0.378 e. The zero-order valence-electron chi connectivity index (χ0n) is 19.4. The summed E-state index contributed by atoms with van der Waals surface area (Å²) in [4.78, 5) is 24.2. The topological polar surface area (TPSA) is 85.2 Å². The molecule has 0 bridgehead atoms. The van der Waals surface area contributed by atoms with E-state index >= 15 is 0 Å². The Kier molecular flexibility index (Phi) is 8.17. The van der Waals surface area contributed by atoms with Gasteiger partial charge in [-0.2, -0.15) is 5.10 Å². The number of nitrogens with one attached hydrogen (secondary N) is 1. The highest BCUT2D eigenvalue weighted by molar-refractivity contribution is 7.99. The molecule has 0 radical (unpaired) electrons. The van der Waals surface area contributed by atoms with Gasteiger partial charge in [-0.05, 0) is 18.4 Å². The molecule has 2 aromatic heterocycles. The van der Waals surface area contributed by atoms with Crippen LogP contribution in [0, 0.1) is 0 Å². The molecular formula is C24H32N6O2S. The maximum Gasteiger partial charge on any atom is 0.220 e.